The van der Waals surface area contributed by atoms with Crippen LogP contribution in [0.15, 0.2) is 68.9 Å². The van der Waals surface area contributed by atoms with E-state index in [9.17, 15) is 0 Å². The molecule has 0 saturated carbocycles. The van der Waals surface area contributed by atoms with E-state index in [1.54, 1.807) is 44.6 Å². The van der Waals surface area contributed by atoms with Gasteiger partial charge in [0.25, 0.3) is 0 Å². The molecule has 0 aromatic carbocycles. The molecule has 8 aliphatic carbocycles. The summed E-state index contributed by atoms with van der Waals surface area (Å²) in [6.07, 6.45) is 61.3. The van der Waals surface area contributed by atoms with Crippen molar-refractivity contribution in [3.05, 3.63) is 93.2 Å². The first-order valence-electron chi connectivity index (χ1n) is 23.6. The summed E-state index contributed by atoms with van der Waals surface area (Å²) in [5.74, 6) is 2.82. The zero-order chi connectivity index (χ0) is 40.4. The van der Waals surface area contributed by atoms with Gasteiger partial charge in [0.2, 0.25) is 0 Å². The Hall–Kier alpha value is 0.00623. The number of unbranched alkanes of at least 4 members (excludes halogenated alkanes) is 4. The maximum atomic E-state index is 3.53. The molecular formula is C54H80Cl2Zr2-2. The number of halogens is 2. The quantitative estimate of drug-likeness (QED) is 0.171. The van der Waals surface area contributed by atoms with Gasteiger partial charge in [-0.05, 0) is 25.7 Å². The van der Waals surface area contributed by atoms with Gasteiger partial charge in [0.15, 0.2) is 0 Å². The minimum absolute atomic E-state index is 0. The van der Waals surface area contributed by atoms with Crippen LogP contribution in [-0.4, -0.2) is 8.42 Å². The molecular weight excluding hydrogens is 902 g/mol. The molecule has 4 atom stereocenters. The Morgan fingerprint density at radius 3 is 0.759 bits per heavy atom. The monoisotopic (exact) mass is 978 g/mol. The Morgan fingerprint density at radius 2 is 0.569 bits per heavy atom. The second-order valence-corrected chi connectivity index (χ2v) is 17.1. The Balaban J connectivity index is 0.000000371. The van der Waals surface area contributed by atoms with Gasteiger partial charge in [-0.3, -0.25) is 24.3 Å². The van der Waals surface area contributed by atoms with E-state index in [2.05, 4.69) is 84.7 Å². The number of hydrogen-bond donors (Lipinski definition) is 0. The first kappa shape index (κ1) is 56.0. The molecule has 8 aliphatic rings. The molecule has 320 valence electrons. The van der Waals surface area contributed by atoms with Crippen LogP contribution in [0.3, 0.4) is 0 Å². The van der Waals surface area contributed by atoms with E-state index in [1.807, 2.05) is 0 Å². The summed E-state index contributed by atoms with van der Waals surface area (Å²) in [5, 5.41) is 0. The Kier molecular flexibility index (Phi) is 33.3. The second-order valence-electron chi connectivity index (χ2n) is 17.1. The molecule has 0 bridgehead atoms. The van der Waals surface area contributed by atoms with Crippen molar-refractivity contribution in [2.75, 3.05) is 0 Å². The molecule has 0 nitrogen and oxygen atoms in total. The van der Waals surface area contributed by atoms with Gasteiger partial charge in [-0.2, -0.15) is 44.6 Å². The Labute approximate surface area is 402 Å². The summed E-state index contributed by atoms with van der Waals surface area (Å²) >= 11 is 2.60. The van der Waals surface area contributed by atoms with Crippen molar-refractivity contribution in [1.82, 2.24) is 0 Å². The molecule has 0 N–H and O–H groups in total. The molecule has 0 heterocycles. The van der Waals surface area contributed by atoms with Gasteiger partial charge in [-0.1, -0.05) is 205 Å². The standard InChI is InChI=1S/4C13H19.2CH2.2ClH.2Zr/c4*1-2-3-6-11-9-10-12-7-4-5-8-13(11)12;;;;;;/h4*10-11H,2-8H2,1H3;2*1H2;2*1H;;/q4*-1;;;;;2*+2/p-2. The Morgan fingerprint density at radius 1 is 0.379 bits per heavy atom. The maximum absolute atomic E-state index is 3.53. The molecule has 4 unspecified atom stereocenters. The van der Waals surface area contributed by atoms with E-state index >= 15 is 0 Å². The van der Waals surface area contributed by atoms with E-state index in [4.69, 9.17) is 0 Å². The summed E-state index contributed by atoms with van der Waals surface area (Å²) in [6, 6.07) is 0. The van der Waals surface area contributed by atoms with Gasteiger partial charge in [-0.25, -0.2) is 24.3 Å². The molecule has 58 heavy (non-hydrogen) atoms. The van der Waals surface area contributed by atoms with Crippen LogP contribution in [0.4, 0.5) is 0 Å². The number of allylic oxidation sites excluding steroid dienone is 16. The van der Waals surface area contributed by atoms with Gasteiger partial charge < -0.3 is 24.8 Å². The topological polar surface area (TPSA) is 0 Å². The molecule has 0 aromatic heterocycles. The smallest absolute Gasteiger partial charge is 1.00 e. The average molecular weight is 983 g/mol. The first-order valence-corrected chi connectivity index (χ1v) is 27.1. The molecule has 0 radical (unpaired) electrons. The summed E-state index contributed by atoms with van der Waals surface area (Å²) in [6.45, 7) is 9.09. The molecule has 0 spiro atoms. The third-order valence-electron chi connectivity index (χ3n) is 13.1. The van der Waals surface area contributed by atoms with Crippen molar-refractivity contribution < 1.29 is 73.3 Å². The predicted molar refractivity (Wildman–Crippen MR) is 240 cm³/mol. The van der Waals surface area contributed by atoms with E-state index < -0.39 is 0 Å². The SMILES string of the molecule is CCCCC1[C-]=CC2=C1CCCC2.CCCCC1[C-]=CC2=C1CCCC2.CCCCC1[C-]=CC2=C1CCCC2.CCCCC1[C-]=CC2=C1CCCC2.[CH2]=[Zr+2].[CH2]=[Zr+2].[Cl-].[Cl-]. The summed E-state index contributed by atoms with van der Waals surface area (Å²) < 4.78 is 6.68. The number of rotatable bonds is 12. The first-order chi connectivity index (χ1) is 27.7. The third kappa shape index (κ3) is 18.4. The molecule has 8 rings (SSSR count). The van der Waals surface area contributed by atoms with Crippen LogP contribution in [0.25, 0.3) is 0 Å². The van der Waals surface area contributed by atoms with Gasteiger partial charge in [-0.15, -0.1) is 0 Å². The fourth-order valence-electron chi connectivity index (χ4n) is 9.93. The molecule has 0 aliphatic heterocycles. The maximum Gasteiger partial charge on any atom is -1.00 e. The van der Waals surface area contributed by atoms with Crippen LogP contribution in [0.5, 0.6) is 0 Å². The van der Waals surface area contributed by atoms with Gasteiger partial charge in [0.1, 0.15) is 0 Å². The molecule has 0 amide bonds. The molecule has 0 fully saturated rings. The van der Waals surface area contributed by atoms with Crippen LogP contribution in [0.2, 0.25) is 0 Å². The van der Waals surface area contributed by atoms with Crippen LogP contribution in [0.1, 0.15) is 207 Å². The normalized spacial score (nSPS) is 24.1. The van der Waals surface area contributed by atoms with Crippen LogP contribution in [0, 0.1) is 48.0 Å². The van der Waals surface area contributed by atoms with Gasteiger partial charge >= 0.3 is 56.9 Å². The van der Waals surface area contributed by atoms with Crippen molar-refractivity contribution in [2.24, 2.45) is 23.7 Å². The van der Waals surface area contributed by atoms with E-state index in [0.717, 1.165) is 0 Å². The number of hydrogen-bond acceptors (Lipinski definition) is 0. The minimum atomic E-state index is 0. The predicted octanol–water partition coefficient (Wildman–Crippen LogP) is 10.1. The summed E-state index contributed by atoms with van der Waals surface area (Å²) in [7, 11) is 0. The van der Waals surface area contributed by atoms with E-state index in [1.165, 1.54) is 228 Å². The fourth-order valence-corrected chi connectivity index (χ4v) is 9.93. The van der Waals surface area contributed by atoms with Crippen molar-refractivity contribution in [2.45, 2.75) is 207 Å². The van der Waals surface area contributed by atoms with Crippen LogP contribution >= 0.6 is 0 Å². The molecule has 0 aromatic rings. The van der Waals surface area contributed by atoms with Crippen molar-refractivity contribution in [1.29, 1.82) is 0 Å². The van der Waals surface area contributed by atoms with Gasteiger partial charge in [0.05, 0.1) is 0 Å². The minimum Gasteiger partial charge on any atom is -1.00 e. The second kappa shape index (κ2) is 34.5. The fraction of sp³-hybridized carbons (Fsp3) is 0.667. The summed E-state index contributed by atoms with van der Waals surface area (Å²) in [4.78, 5) is 0. The average Bonchev–Trinajstić information content (AvgIpc) is 4.08. The Bertz CT molecular complexity index is 1190. The van der Waals surface area contributed by atoms with Crippen molar-refractivity contribution in [3.8, 4) is 0 Å². The van der Waals surface area contributed by atoms with Crippen LogP contribution < -0.4 is 24.8 Å². The van der Waals surface area contributed by atoms with Crippen molar-refractivity contribution >= 4 is 8.42 Å². The van der Waals surface area contributed by atoms with Gasteiger partial charge in [0, 0.05) is 0 Å². The molecule has 4 heteroatoms. The van der Waals surface area contributed by atoms with Crippen molar-refractivity contribution in [3.63, 3.8) is 0 Å². The largest absolute Gasteiger partial charge is 1.00 e. The van der Waals surface area contributed by atoms with E-state index in [-0.39, 0.29) is 24.8 Å². The zero-order valence-electron chi connectivity index (χ0n) is 37.6. The summed E-state index contributed by atoms with van der Waals surface area (Å²) in [5.41, 5.74) is 13.5. The zero-order valence-corrected chi connectivity index (χ0v) is 44.0. The van der Waals surface area contributed by atoms with E-state index in [0.29, 0.717) is 23.7 Å². The molecule has 0 saturated heterocycles. The van der Waals surface area contributed by atoms with Crippen LogP contribution in [-0.2, 0) is 48.5 Å². The third-order valence-corrected chi connectivity index (χ3v) is 13.1.